The third kappa shape index (κ3) is 2.08. The van der Waals surface area contributed by atoms with Gasteiger partial charge in [0.2, 0.25) is 0 Å². The lowest BCUT2D eigenvalue weighted by Gasteiger charge is -2.02. The summed E-state index contributed by atoms with van der Waals surface area (Å²) in [5.41, 5.74) is 2.03. The summed E-state index contributed by atoms with van der Waals surface area (Å²) in [5, 5.41) is 0. The Bertz CT molecular complexity index is 268. The van der Waals surface area contributed by atoms with Gasteiger partial charge in [0, 0.05) is 10.4 Å². The van der Waals surface area contributed by atoms with Crippen LogP contribution in [0.4, 0.5) is 0 Å². The number of allylic oxidation sites excluding steroid dienone is 1. The summed E-state index contributed by atoms with van der Waals surface area (Å²) in [7, 11) is 0. The molecule has 2 heteroatoms. The first-order chi connectivity index (χ1) is 5.25. The maximum atomic E-state index is 5.64. The monoisotopic (exact) mass is 230 g/mol. The molecule has 0 aliphatic rings. The molecule has 0 saturated carbocycles. The van der Waals surface area contributed by atoms with Crippen molar-refractivity contribution in [3.05, 3.63) is 40.9 Å². The Morgan fingerprint density at radius 2 is 2.09 bits per heavy atom. The molecule has 0 bridgehead atoms. The molecule has 58 valence electrons. The molecule has 0 amide bonds. The second-order valence-electron chi connectivity index (χ2n) is 2.22. The van der Waals surface area contributed by atoms with Crippen molar-refractivity contribution in [2.24, 2.45) is 0 Å². The van der Waals surface area contributed by atoms with E-state index in [1.807, 2.05) is 24.3 Å². The minimum atomic E-state index is 0.475. The van der Waals surface area contributed by atoms with E-state index >= 15 is 0 Å². The second kappa shape index (κ2) is 3.93. The maximum absolute atomic E-state index is 5.64. The fourth-order valence-corrected chi connectivity index (χ4v) is 1.53. The highest BCUT2D eigenvalue weighted by Crippen LogP contribution is 2.23. The molecule has 11 heavy (non-hydrogen) atoms. The van der Waals surface area contributed by atoms with Crippen molar-refractivity contribution in [2.45, 2.75) is 0 Å². The largest absolute Gasteiger partial charge is 0.122 e. The lowest BCUT2D eigenvalue weighted by atomic mass is 10.1. The second-order valence-corrected chi connectivity index (χ2v) is 3.34. The van der Waals surface area contributed by atoms with Crippen LogP contribution in [0.3, 0.4) is 0 Å². The Balaban J connectivity index is 3.03. The van der Waals surface area contributed by atoms with Gasteiger partial charge in [-0.3, -0.25) is 0 Å². The van der Waals surface area contributed by atoms with E-state index in [2.05, 4.69) is 22.5 Å². The van der Waals surface area contributed by atoms with Gasteiger partial charge in [-0.25, -0.2) is 0 Å². The Hall–Kier alpha value is -0.270. The van der Waals surface area contributed by atoms with E-state index in [9.17, 15) is 0 Å². The van der Waals surface area contributed by atoms with Gasteiger partial charge in [0.1, 0.15) is 0 Å². The fraction of sp³-hybridized carbons (Fsp3) is 0.111. The van der Waals surface area contributed by atoms with Gasteiger partial charge in [-0.2, -0.15) is 0 Å². The molecule has 1 rings (SSSR count). The molecule has 0 aliphatic heterocycles. The van der Waals surface area contributed by atoms with Crippen LogP contribution < -0.4 is 0 Å². The number of hydrogen-bond acceptors (Lipinski definition) is 0. The maximum Gasteiger partial charge on any atom is 0.0474 e. The predicted molar refractivity (Wildman–Crippen MR) is 53.9 cm³/mol. The zero-order valence-electron chi connectivity index (χ0n) is 5.98. The number of rotatable bonds is 2. The first-order valence-corrected chi connectivity index (χ1v) is 4.57. The predicted octanol–water partition coefficient (Wildman–Crippen LogP) is 3.70. The highest BCUT2D eigenvalue weighted by molar-refractivity contribution is 9.10. The molecular weight excluding hydrogens is 223 g/mol. The van der Waals surface area contributed by atoms with Crippen LogP contribution in [0.15, 0.2) is 35.3 Å². The molecule has 1 aromatic rings. The van der Waals surface area contributed by atoms with Gasteiger partial charge < -0.3 is 0 Å². The summed E-state index contributed by atoms with van der Waals surface area (Å²) in [6.45, 7) is 3.84. The van der Waals surface area contributed by atoms with E-state index < -0.39 is 0 Å². The molecule has 0 aliphatic carbocycles. The van der Waals surface area contributed by atoms with Gasteiger partial charge in [0.15, 0.2) is 0 Å². The molecule has 1 aromatic carbocycles. The Labute approximate surface area is 80.0 Å². The van der Waals surface area contributed by atoms with Crippen molar-refractivity contribution in [1.29, 1.82) is 0 Å². The van der Waals surface area contributed by atoms with Gasteiger partial charge in [-0.05, 0) is 17.2 Å². The van der Waals surface area contributed by atoms with Crippen LogP contribution in [-0.2, 0) is 0 Å². The lowest BCUT2D eigenvalue weighted by Crippen LogP contribution is -1.84. The zero-order chi connectivity index (χ0) is 8.27. The third-order valence-corrected chi connectivity index (χ3v) is 2.43. The molecule has 0 heterocycles. The first kappa shape index (κ1) is 8.82. The van der Waals surface area contributed by atoms with Crippen molar-refractivity contribution in [3.8, 4) is 0 Å². The van der Waals surface area contributed by atoms with Crippen LogP contribution in [0.2, 0.25) is 0 Å². The normalized spacial score (nSPS) is 9.64. The van der Waals surface area contributed by atoms with E-state index in [-0.39, 0.29) is 0 Å². The lowest BCUT2D eigenvalue weighted by molar-refractivity contribution is 1.54. The van der Waals surface area contributed by atoms with Gasteiger partial charge in [0.25, 0.3) is 0 Å². The molecule has 0 nitrogen and oxygen atoms in total. The summed E-state index contributed by atoms with van der Waals surface area (Å²) >= 11 is 9.06. The van der Waals surface area contributed by atoms with Crippen LogP contribution in [0.25, 0.3) is 5.57 Å². The van der Waals surface area contributed by atoms with Crippen LogP contribution in [0, 0.1) is 0 Å². The molecule has 0 radical (unpaired) electrons. The summed E-state index contributed by atoms with van der Waals surface area (Å²) in [6, 6.07) is 7.91. The number of halogens is 2. The Morgan fingerprint density at radius 1 is 1.45 bits per heavy atom. The fourth-order valence-electron chi connectivity index (χ4n) is 0.820. The molecule has 0 unspecified atom stereocenters. The SMILES string of the molecule is C=C(CCl)c1ccccc1Br. The van der Waals surface area contributed by atoms with E-state index in [4.69, 9.17) is 11.6 Å². The zero-order valence-corrected chi connectivity index (χ0v) is 8.32. The van der Waals surface area contributed by atoms with Crippen LogP contribution in [0.1, 0.15) is 5.56 Å². The van der Waals surface area contributed by atoms with Crippen molar-refractivity contribution in [3.63, 3.8) is 0 Å². The average molecular weight is 232 g/mol. The van der Waals surface area contributed by atoms with Gasteiger partial charge >= 0.3 is 0 Å². The molecular formula is C9H8BrCl. The van der Waals surface area contributed by atoms with Crippen molar-refractivity contribution in [1.82, 2.24) is 0 Å². The summed E-state index contributed by atoms with van der Waals surface area (Å²) < 4.78 is 1.05. The quantitative estimate of drug-likeness (QED) is 0.681. The minimum Gasteiger partial charge on any atom is -0.122 e. The Kier molecular flexibility index (Phi) is 3.16. The van der Waals surface area contributed by atoms with E-state index in [0.717, 1.165) is 15.6 Å². The average Bonchev–Trinajstić information content (AvgIpc) is 2.04. The molecule has 0 aromatic heterocycles. The number of hydrogen-bond donors (Lipinski definition) is 0. The molecule has 0 N–H and O–H groups in total. The summed E-state index contributed by atoms with van der Waals surface area (Å²) in [4.78, 5) is 0. The smallest absolute Gasteiger partial charge is 0.0474 e. The molecule has 0 atom stereocenters. The van der Waals surface area contributed by atoms with Crippen LogP contribution in [0.5, 0.6) is 0 Å². The number of alkyl halides is 1. The van der Waals surface area contributed by atoms with Gasteiger partial charge in [-0.1, -0.05) is 40.7 Å². The van der Waals surface area contributed by atoms with E-state index in [1.165, 1.54) is 0 Å². The molecule has 0 spiro atoms. The van der Waals surface area contributed by atoms with Gasteiger partial charge in [-0.15, -0.1) is 11.6 Å². The number of benzene rings is 1. The Morgan fingerprint density at radius 3 is 2.64 bits per heavy atom. The van der Waals surface area contributed by atoms with Crippen LogP contribution >= 0.6 is 27.5 Å². The summed E-state index contributed by atoms with van der Waals surface area (Å²) in [6.07, 6.45) is 0. The molecule has 0 saturated heterocycles. The topological polar surface area (TPSA) is 0 Å². The third-order valence-electron chi connectivity index (χ3n) is 1.42. The van der Waals surface area contributed by atoms with Gasteiger partial charge in [0.05, 0.1) is 0 Å². The van der Waals surface area contributed by atoms with E-state index in [0.29, 0.717) is 5.88 Å². The van der Waals surface area contributed by atoms with Crippen LogP contribution in [-0.4, -0.2) is 5.88 Å². The highest BCUT2D eigenvalue weighted by Gasteiger charge is 2.00. The standard InChI is InChI=1S/C9H8BrCl/c1-7(6-11)8-4-2-3-5-9(8)10/h2-5H,1,6H2. The summed E-state index contributed by atoms with van der Waals surface area (Å²) in [5.74, 6) is 0.475. The minimum absolute atomic E-state index is 0.475. The van der Waals surface area contributed by atoms with Crippen molar-refractivity contribution >= 4 is 33.1 Å². The molecule has 0 fully saturated rings. The highest BCUT2D eigenvalue weighted by atomic mass is 79.9. The van der Waals surface area contributed by atoms with Crippen molar-refractivity contribution < 1.29 is 0 Å². The first-order valence-electron chi connectivity index (χ1n) is 3.24. The van der Waals surface area contributed by atoms with E-state index in [1.54, 1.807) is 0 Å². The van der Waals surface area contributed by atoms with Crippen molar-refractivity contribution in [2.75, 3.05) is 5.88 Å².